The third kappa shape index (κ3) is 2.99. The first kappa shape index (κ1) is 14.5. The third-order valence-electron chi connectivity index (χ3n) is 3.28. The monoisotopic (exact) mass is 300 g/mol. The lowest BCUT2D eigenvalue weighted by Gasteiger charge is -2.35. The van der Waals surface area contributed by atoms with Crippen molar-refractivity contribution >= 4 is 26.9 Å². The summed E-state index contributed by atoms with van der Waals surface area (Å²) in [6.07, 6.45) is 0. The second-order valence-electron chi connectivity index (χ2n) is 4.80. The molecule has 8 nitrogen and oxygen atoms in total. The van der Waals surface area contributed by atoms with Crippen molar-refractivity contribution in [2.45, 2.75) is 13.0 Å². The molecule has 1 aromatic carbocycles. The molecule has 0 saturated carbocycles. The van der Waals surface area contributed by atoms with Crippen LogP contribution in [0.15, 0.2) is 18.2 Å². The zero-order valence-corrected chi connectivity index (χ0v) is 11.8. The molecule has 9 heteroatoms. The summed E-state index contributed by atoms with van der Waals surface area (Å²) in [6, 6.07) is 4.19. The van der Waals surface area contributed by atoms with Gasteiger partial charge < -0.3 is 10.3 Å². The number of sulfone groups is 1. The second kappa shape index (κ2) is 5.25. The van der Waals surface area contributed by atoms with E-state index in [9.17, 15) is 18.5 Å². The number of non-ortho nitro benzene ring substituents is 1. The average molecular weight is 300 g/mol. The number of nitro benzene ring substituents is 1. The van der Waals surface area contributed by atoms with E-state index in [1.807, 2.05) is 4.90 Å². The van der Waals surface area contributed by atoms with Gasteiger partial charge in [0, 0.05) is 30.4 Å². The van der Waals surface area contributed by atoms with Crippen LogP contribution in [0.1, 0.15) is 6.92 Å². The van der Waals surface area contributed by atoms with Crippen molar-refractivity contribution in [1.29, 1.82) is 0 Å². The van der Waals surface area contributed by atoms with E-state index in [4.69, 9.17) is 5.84 Å². The van der Waals surface area contributed by atoms with Crippen molar-refractivity contribution in [2.75, 3.05) is 28.4 Å². The molecular weight excluding hydrogens is 284 g/mol. The van der Waals surface area contributed by atoms with E-state index in [0.717, 1.165) is 0 Å². The lowest BCUT2D eigenvalue weighted by atomic mass is 10.2. The summed E-state index contributed by atoms with van der Waals surface area (Å²) in [6.45, 7) is 2.10. The number of nitrogens with zero attached hydrogens (tertiary/aromatic N) is 2. The molecule has 0 amide bonds. The van der Waals surface area contributed by atoms with Crippen LogP contribution in [0.4, 0.5) is 17.1 Å². The van der Waals surface area contributed by atoms with Gasteiger partial charge in [-0.05, 0) is 13.0 Å². The highest BCUT2D eigenvalue weighted by atomic mass is 32.2. The number of nitrogen functional groups attached to an aromatic ring is 1. The van der Waals surface area contributed by atoms with E-state index >= 15 is 0 Å². The number of nitro groups is 1. The molecular formula is C11H16N4O4S. The predicted molar refractivity (Wildman–Crippen MR) is 76.4 cm³/mol. The summed E-state index contributed by atoms with van der Waals surface area (Å²) >= 11 is 0. The van der Waals surface area contributed by atoms with Gasteiger partial charge in [-0.3, -0.25) is 16.0 Å². The Morgan fingerprint density at radius 3 is 2.70 bits per heavy atom. The topological polar surface area (TPSA) is 119 Å². The van der Waals surface area contributed by atoms with Crippen molar-refractivity contribution in [2.24, 2.45) is 5.84 Å². The van der Waals surface area contributed by atoms with Crippen LogP contribution < -0.4 is 16.2 Å². The molecule has 0 radical (unpaired) electrons. The van der Waals surface area contributed by atoms with Gasteiger partial charge in [-0.25, -0.2) is 8.42 Å². The average Bonchev–Trinajstić information content (AvgIpc) is 2.37. The quantitative estimate of drug-likeness (QED) is 0.474. The number of nitrogens with one attached hydrogen (secondary N) is 1. The van der Waals surface area contributed by atoms with Gasteiger partial charge in [-0.2, -0.15) is 0 Å². The largest absolute Gasteiger partial charge is 0.367 e. The van der Waals surface area contributed by atoms with Gasteiger partial charge >= 0.3 is 0 Å². The van der Waals surface area contributed by atoms with Gasteiger partial charge in [0.1, 0.15) is 0 Å². The van der Waals surface area contributed by atoms with Gasteiger partial charge in [0.15, 0.2) is 9.84 Å². The van der Waals surface area contributed by atoms with Crippen LogP contribution >= 0.6 is 0 Å². The molecule has 1 saturated heterocycles. The molecule has 110 valence electrons. The first-order chi connectivity index (χ1) is 9.32. The van der Waals surface area contributed by atoms with Crippen LogP contribution in [0, 0.1) is 10.1 Å². The third-order valence-corrected chi connectivity index (χ3v) is 5.08. The van der Waals surface area contributed by atoms with E-state index in [2.05, 4.69) is 5.43 Å². The van der Waals surface area contributed by atoms with Crippen molar-refractivity contribution in [3.8, 4) is 0 Å². The van der Waals surface area contributed by atoms with Crippen LogP contribution in [-0.4, -0.2) is 37.4 Å². The smallest absolute Gasteiger partial charge is 0.273 e. The van der Waals surface area contributed by atoms with Gasteiger partial charge in [0.05, 0.1) is 22.1 Å². The zero-order valence-electron chi connectivity index (χ0n) is 10.9. The highest BCUT2D eigenvalue weighted by Crippen LogP contribution is 2.29. The summed E-state index contributed by atoms with van der Waals surface area (Å²) in [4.78, 5) is 12.2. The standard InChI is InChI=1S/C11H16N4O4S/c1-8-7-20(18,19)3-2-14(8)10-4-9(13-12)5-11(6-10)15(16)17/h4-6,8,13H,2-3,7,12H2,1H3. The maximum atomic E-state index is 11.6. The van der Waals surface area contributed by atoms with E-state index in [1.54, 1.807) is 13.0 Å². The molecule has 1 unspecified atom stereocenters. The van der Waals surface area contributed by atoms with E-state index < -0.39 is 14.8 Å². The Bertz CT molecular complexity index is 631. The summed E-state index contributed by atoms with van der Waals surface area (Å²) in [5.74, 6) is 5.40. The Balaban J connectivity index is 2.37. The van der Waals surface area contributed by atoms with Gasteiger partial charge in [0.25, 0.3) is 5.69 Å². The maximum absolute atomic E-state index is 11.6. The minimum Gasteiger partial charge on any atom is -0.367 e. The molecule has 0 bridgehead atoms. The normalized spacial score (nSPS) is 21.5. The zero-order chi connectivity index (χ0) is 14.9. The number of rotatable bonds is 3. The number of hydrazine groups is 1. The molecule has 1 heterocycles. The molecule has 2 rings (SSSR count). The molecule has 1 atom stereocenters. The Hall–Kier alpha value is -1.87. The highest BCUT2D eigenvalue weighted by Gasteiger charge is 2.29. The first-order valence-electron chi connectivity index (χ1n) is 6.05. The van der Waals surface area contributed by atoms with E-state index in [-0.39, 0.29) is 23.2 Å². The molecule has 20 heavy (non-hydrogen) atoms. The SMILES string of the molecule is CC1CS(=O)(=O)CCN1c1cc(NN)cc([N+](=O)[O-])c1. The van der Waals surface area contributed by atoms with Crippen molar-refractivity contribution in [3.05, 3.63) is 28.3 Å². The minimum absolute atomic E-state index is 0.0427. The molecule has 1 aliphatic rings. The summed E-state index contributed by atoms with van der Waals surface area (Å²) in [7, 11) is -3.03. The van der Waals surface area contributed by atoms with Crippen molar-refractivity contribution in [3.63, 3.8) is 0 Å². The number of hydrogen-bond donors (Lipinski definition) is 2. The lowest BCUT2D eigenvalue weighted by molar-refractivity contribution is -0.384. The maximum Gasteiger partial charge on any atom is 0.273 e. The summed E-state index contributed by atoms with van der Waals surface area (Å²) in [5, 5.41) is 10.9. The fourth-order valence-electron chi connectivity index (χ4n) is 2.33. The predicted octanol–water partition coefficient (Wildman–Crippen LogP) is 0.504. The number of benzene rings is 1. The Morgan fingerprint density at radius 1 is 1.45 bits per heavy atom. The Kier molecular flexibility index (Phi) is 3.82. The van der Waals surface area contributed by atoms with Gasteiger partial charge in [0.2, 0.25) is 0 Å². The summed E-state index contributed by atoms with van der Waals surface area (Å²) in [5.41, 5.74) is 3.30. The Morgan fingerprint density at radius 2 is 2.15 bits per heavy atom. The minimum atomic E-state index is -3.03. The highest BCUT2D eigenvalue weighted by molar-refractivity contribution is 7.91. The van der Waals surface area contributed by atoms with E-state index in [0.29, 0.717) is 17.9 Å². The molecule has 1 aromatic rings. The second-order valence-corrected chi connectivity index (χ2v) is 7.03. The van der Waals surface area contributed by atoms with Gasteiger partial charge in [-0.15, -0.1) is 0 Å². The van der Waals surface area contributed by atoms with Crippen LogP contribution in [0.3, 0.4) is 0 Å². The lowest BCUT2D eigenvalue weighted by Crippen LogP contribution is -2.47. The molecule has 0 aliphatic carbocycles. The fraction of sp³-hybridized carbons (Fsp3) is 0.455. The van der Waals surface area contributed by atoms with Crippen LogP contribution in [-0.2, 0) is 9.84 Å². The summed E-state index contributed by atoms with van der Waals surface area (Å²) < 4.78 is 23.1. The van der Waals surface area contributed by atoms with Crippen LogP contribution in [0.2, 0.25) is 0 Å². The number of nitrogens with two attached hydrogens (primary N) is 1. The molecule has 3 N–H and O–H groups in total. The fourth-order valence-corrected chi connectivity index (χ4v) is 3.89. The van der Waals surface area contributed by atoms with Crippen LogP contribution in [0.25, 0.3) is 0 Å². The van der Waals surface area contributed by atoms with Gasteiger partial charge in [-0.1, -0.05) is 0 Å². The molecule has 0 aromatic heterocycles. The van der Waals surface area contributed by atoms with Crippen molar-refractivity contribution < 1.29 is 13.3 Å². The molecule has 0 spiro atoms. The first-order valence-corrected chi connectivity index (χ1v) is 7.88. The molecule has 1 fully saturated rings. The van der Waals surface area contributed by atoms with E-state index in [1.165, 1.54) is 12.1 Å². The number of hydrogen-bond acceptors (Lipinski definition) is 7. The van der Waals surface area contributed by atoms with Crippen molar-refractivity contribution in [1.82, 2.24) is 0 Å². The van der Waals surface area contributed by atoms with Crippen LogP contribution in [0.5, 0.6) is 0 Å². The Labute approximate surface area is 116 Å². The molecule has 1 aliphatic heterocycles. The number of anilines is 2.